The molecule has 0 aliphatic heterocycles. The van der Waals surface area contributed by atoms with Gasteiger partial charge in [0.25, 0.3) is 0 Å². The topological polar surface area (TPSA) is 124 Å². The monoisotopic (exact) mass is 382 g/mol. The van der Waals surface area contributed by atoms with Gasteiger partial charge in [0.15, 0.2) is 0 Å². The lowest BCUT2D eigenvalue weighted by Crippen LogP contribution is -1.84. The van der Waals surface area contributed by atoms with Crippen LogP contribution in [0.3, 0.4) is 0 Å². The van der Waals surface area contributed by atoms with Crippen LogP contribution >= 0.6 is 15.6 Å². The third kappa shape index (κ3) is 23.5. The summed E-state index contributed by atoms with van der Waals surface area (Å²) in [6, 6.07) is 0. The Morgan fingerprint density at radius 1 is 0.958 bits per heavy atom. The summed E-state index contributed by atoms with van der Waals surface area (Å²) >= 11 is 0. The first kappa shape index (κ1) is 25.5. The molecule has 4 N–H and O–H groups in total. The van der Waals surface area contributed by atoms with Crippen molar-refractivity contribution in [2.24, 2.45) is 0 Å². The first-order chi connectivity index (χ1) is 10.8. The molecular weight excluding hydrogens is 354 g/mol. The molecule has 0 aliphatic rings. The lowest BCUT2D eigenvalue weighted by Gasteiger charge is -2.03. The van der Waals surface area contributed by atoms with E-state index in [1.54, 1.807) is 0 Å². The van der Waals surface area contributed by atoms with Crippen molar-refractivity contribution in [2.75, 3.05) is 0 Å². The van der Waals surface area contributed by atoms with Gasteiger partial charge >= 0.3 is 15.6 Å². The van der Waals surface area contributed by atoms with Gasteiger partial charge < -0.3 is 19.6 Å². The summed E-state index contributed by atoms with van der Waals surface area (Å²) in [5, 5.41) is 0. The minimum atomic E-state index is -5.05. The van der Waals surface area contributed by atoms with Crippen molar-refractivity contribution in [3.63, 3.8) is 0 Å². The summed E-state index contributed by atoms with van der Waals surface area (Å²) in [5.41, 5.74) is 4.13. The Balaban J connectivity index is 0. The molecule has 0 aromatic heterocycles. The summed E-state index contributed by atoms with van der Waals surface area (Å²) in [5.74, 6) is 0. The molecule has 0 saturated heterocycles. The summed E-state index contributed by atoms with van der Waals surface area (Å²) in [6.07, 6.45) is 12.1. The zero-order chi connectivity index (χ0) is 19.4. The Kier molecular flexibility index (Phi) is 13.3. The SMILES string of the molecule is C=C/C(C)=C/C/C=C(\C)CCC=C(C)C.O=P(O)(O)OP(=O)(O)O. The van der Waals surface area contributed by atoms with E-state index in [4.69, 9.17) is 19.6 Å². The van der Waals surface area contributed by atoms with Crippen LogP contribution in [0.2, 0.25) is 0 Å². The van der Waals surface area contributed by atoms with Crippen molar-refractivity contribution in [1.29, 1.82) is 0 Å². The summed E-state index contributed by atoms with van der Waals surface area (Å²) in [6.45, 7) is 12.3. The maximum Gasteiger partial charge on any atom is 0.478 e. The van der Waals surface area contributed by atoms with Crippen molar-refractivity contribution in [2.45, 2.75) is 47.0 Å². The van der Waals surface area contributed by atoms with Crippen molar-refractivity contribution in [1.82, 2.24) is 0 Å². The van der Waals surface area contributed by atoms with Gasteiger partial charge in [-0.25, -0.2) is 9.13 Å². The quantitative estimate of drug-likeness (QED) is 0.279. The van der Waals surface area contributed by atoms with Crippen LogP contribution < -0.4 is 0 Å². The van der Waals surface area contributed by atoms with Crippen molar-refractivity contribution in [3.8, 4) is 0 Å². The highest BCUT2D eigenvalue weighted by Crippen LogP contribution is 2.53. The second-order valence-corrected chi connectivity index (χ2v) is 7.94. The van der Waals surface area contributed by atoms with Gasteiger partial charge in [0.05, 0.1) is 0 Å². The number of hydrogen-bond donors (Lipinski definition) is 4. The third-order valence-electron chi connectivity index (χ3n) is 2.53. The van der Waals surface area contributed by atoms with E-state index in [2.05, 4.69) is 56.8 Å². The summed E-state index contributed by atoms with van der Waals surface area (Å²) in [7, 11) is -10.1. The van der Waals surface area contributed by atoms with Gasteiger partial charge in [-0.1, -0.05) is 47.6 Å². The lowest BCUT2D eigenvalue weighted by molar-refractivity contribution is 0.225. The molecule has 9 heteroatoms. The molecule has 140 valence electrons. The average molecular weight is 382 g/mol. The van der Waals surface area contributed by atoms with Gasteiger partial charge in [0.1, 0.15) is 0 Å². The average Bonchev–Trinajstić information content (AvgIpc) is 2.34. The van der Waals surface area contributed by atoms with Crippen molar-refractivity contribution in [3.05, 3.63) is 47.6 Å². The molecule has 0 atom stereocenters. The highest BCUT2D eigenvalue weighted by Gasteiger charge is 2.27. The number of phosphoric acid groups is 2. The first-order valence-electron chi connectivity index (χ1n) is 7.17. The predicted octanol–water partition coefficient (Wildman–Crippen LogP) is 4.39. The molecule has 7 nitrogen and oxygen atoms in total. The van der Waals surface area contributed by atoms with Crippen LogP contribution in [0.25, 0.3) is 0 Å². The predicted molar refractivity (Wildman–Crippen MR) is 96.2 cm³/mol. The molecule has 0 radical (unpaired) electrons. The maximum absolute atomic E-state index is 9.63. The van der Waals surface area contributed by atoms with Crippen molar-refractivity contribution < 1.29 is 33.0 Å². The van der Waals surface area contributed by atoms with E-state index in [0.29, 0.717) is 0 Å². The number of hydrogen-bond acceptors (Lipinski definition) is 3. The molecule has 0 fully saturated rings. The van der Waals surface area contributed by atoms with E-state index in [-0.39, 0.29) is 0 Å². The van der Waals surface area contributed by atoms with Gasteiger partial charge in [0.2, 0.25) is 0 Å². The van der Waals surface area contributed by atoms with E-state index < -0.39 is 15.6 Å². The van der Waals surface area contributed by atoms with Crippen LogP contribution in [-0.4, -0.2) is 19.6 Å². The van der Waals surface area contributed by atoms with Gasteiger partial charge in [0, 0.05) is 0 Å². The summed E-state index contributed by atoms with van der Waals surface area (Å²) < 4.78 is 22.2. The normalized spacial score (nSPS) is 13.0. The number of rotatable bonds is 8. The van der Waals surface area contributed by atoms with E-state index in [1.807, 2.05) is 6.08 Å². The van der Waals surface area contributed by atoms with Gasteiger partial charge in [-0.05, 0) is 47.0 Å². The Morgan fingerprint density at radius 3 is 1.79 bits per heavy atom. The zero-order valence-electron chi connectivity index (χ0n) is 14.5. The highest BCUT2D eigenvalue weighted by molar-refractivity contribution is 7.60. The molecule has 0 bridgehead atoms. The molecule has 0 saturated carbocycles. The van der Waals surface area contributed by atoms with Gasteiger partial charge in [-0.15, -0.1) is 0 Å². The first-order valence-corrected chi connectivity index (χ1v) is 10.2. The van der Waals surface area contributed by atoms with Crippen LogP contribution in [0.5, 0.6) is 0 Å². The van der Waals surface area contributed by atoms with Crippen LogP contribution in [0.15, 0.2) is 47.6 Å². The second kappa shape index (κ2) is 12.6. The fraction of sp³-hybridized carbons (Fsp3) is 0.467. The molecule has 0 heterocycles. The van der Waals surface area contributed by atoms with Gasteiger partial charge in [-0.3, -0.25) is 0 Å². The van der Waals surface area contributed by atoms with Crippen LogP contribution in [0.4, 0.5) is 0 Å². The van der Waals surface area contributed by atoms with Crippen LogP contribution in [-0.2, 0) is 13.4 Å². The molecule has 0 rings (SSSR count). The Hall–Kier alpha value is -0.780. The Bertz CT molecular complexity index is 540. The minimum absolute atomic E-state index is 1.03. The lowest BCUT2D eigenvalue weighted by atomic mass is 10.1. The molecule has 0 spiro atoms. The van der Waals surface area contributed by atoms with E-state index in [1.165, 1.54) is 23.1 Å². The number of allylic oxidation sites excluding steroid dienone is 7. The molecule has 0 unspecified atom stereocenters. The third-order valence-corrected chi connectivity index (χ3v) is 4.23. The Morgan fingerprint density at radius 2 is 1.46 bits per heavy atom. The molecule has 24 heavy (non-hydrogen) atoms. The molecular formula is C15H28O7P2. The summed E-state index contributed by atoms with van der Waals surface area (Å²) in [4.78, 5) is 31.0. The maximum atomic E-state index is 9.63. The molecule has 0 amide bonds. The fourth-order valence-corrected chi connectivity index (χ4v) is 2.47. The molecule has 0 aromatic carbocycles. The molecule has 0 aromatic rings. The van der Waals surface area contributed by atoms with E-state index in [0.717, 1.165) is 12.8 Å². The van der Waals surface area contributed by atoms with E-state index >= 15 is 0 Å². The zero-order valence-corrected chi connectivity index (χ0v) is 16.3. The smallest absolute Gasteiger partial charge is 0.302 e. The van der Waals surface area contributed by atoms with Crippen LogP contribution in [0, 0.1) is 0 Å². The van der Waals surface area contributed by atoms with E-state index in [9.17, 15) is 9.13 Å². The Labute approximate surface area is 143 Å². The van der Waals surface area contributed by atoms with Crippen LogP contribution in [0.1, 0.15) is 47.0 Å². The molecule has 0 aliphatic carbocycles. The fourth-order valence-electron chi connectivity index (χ4n) is 1.36. The minimum Gasteiger partial charge on any atom is -0.302 e. The standard InChI is InChI=1S/C15H24.H4O7P2/c1-6-14(4)10-8-12-15(5)11-7-9-13(2)3;1-8(2,3)7-9(4,5)6/h6,9-10,12H,1,7-8,11H2,2-5H3;(H2,1,2,3)(H2,4,5,6)/b14-10+,15-12+;. The van der Waals surface area contributed by atoms with Crippen molar-refractivity contribution >= 4 is 15.6 Å². The van der Waals surface area contributed by atoms with Gasteiger partial charge in [-0.2, -0.15) is 4.31 Å². The largest absolute Gasteiger partial charge is 0.478 e. The highest BCUT2D eigenvalue weighted by atomic mass is 31.3. The second-order valence-electron chi connectivity index (χ2n) is 5.32.